The van der Waals surface area contributed by atoms with E-state index in [4.69, 9.17) is 10.5 Å². The molecule has 0 aromatic heterocycles. The summed E-state index contributed by atoms with van der Waals surface area (Å²) in [5, 5.41) is 0. The Morgan fingerprint density at radius 2 is 1.50 bits per heavy atom. The minimum absolute atomic E-state index is 0.545. The van der Waals surface area contributed by atoms with Crippen molar-refractivity contribution in [3.63, 3.8) is 0 Å². The lowest BCUT2D eigenvalue weighted by molar-refractivity contribution is -0.0415. The average molecular weight is 253 g/mol. The van der Waals surface area contributed by atoms with E-state index in [1.165, 1.54) is 57.8 Å². The fraction of sp³-hybridized carbons (Fsp3) is 1.00. The third kappa shape index (κ3) is 3.71. The van der Waals surface area contributed by atoms with Gasteiger partial charge in [0.1, 0.15) is 0 Å². The van der Waals surface area contributed by atoms with Crippen molar-refractivity contribution >= 4 is 0 Å². The van der Waals surface area contributed by atoms with E-state index in [9.17, 15) is 0 Å². The molecule has 2 aliphatic rings. The van der Waals surface area contributed by atoms with Gasteiger partial charge in [0.25, 0.3) is 0 Å². The van der Waals surface area contributed by atoms with Gasteiger partial charge in [0.15, 0.2) is 0 Å². The molecule has 0 heterocycles. The molecular weight excluding hydrogens is 222 g/mol. The Labute approximate surface area is 113 Å². The summed E-state index contributed by atoms with van der Waals surface area (Å²) in [6, 6.07) is 0. The molecule has 2 heteroatoms. The van der Waals surface area contributed by atoms with E-state index in [0.29, 0.717) is 6.10 Å². The molecule has 2 aliphatic carbocycles. The third-order valence-electron chi connectivity index (χ3n) is 5.26. The molecule has 0 saturated heterocycles. The second kappa shape index (κ2) is 7.49. The maximum Gasteiger partial charge on any atom is 0.0603 e. The fourth-order valence-corrected chi connectivity index (χ4v) is 3.92. The van der Waals surface area contributed by atoms with Crippen molar-refractivity contribution in [2.75, 3.05) is 13.2 Å². The number of rotatable bonds is 5. The van der Waals surface area contributed by atoms with Gasteiger partial charge in [-0.1, -0.05) is 39.0 Å². The highest BCUT2D eigenvalue weighted by Crippen LogP contribution is 2.33. The van der Waals surface area contributed by atoms with Crippen molar-refractivity contribution in [1.29, 1.82) is 0 Å². The van der Waals surface area contributed by atoms with Gasteiger partial charge >= 0.3 is 0 Å². The number of hydrogen-bond acceptors (Lipinski definition) is 2. The second-order valence-electron chi connectivity index (χ2n) is 6.36. The van der Waals surface area contributed by atoms with Crippen molar-refractivity contribution in [2.45, 2.75) is 70.8 Å². The van der Waals surface area contributed by atoms with Crippen LogP contribution in [0.25, 0.3) is 0 Å². The molecule has 2 fully saturated rings. The molecule has 0 bridgehead atoms. The smallest absolute Gasteiger partial charge is 0.0603 e. The maximum absolute atomic E-state index is 6.30. The molecule has 4 unspecified atom stereocenters. The highest BCUT2D eigenvalue weighted by molar-refractivity contribution is 4.79. The Morgan fingerprint density at radius 3 is 2.17 bits per heavy atom. The van der Waals surface area contributed by atoms with Crippen LogP contribution in [0.4, 0.5) is 0 Å². The van der Waals surface area contributed by atoms with Gasteiger partial charge < -0.3 is 10.5 Å². The Balaban J connectivity index is 1.78. The zero-order chi connectivity index (χ0) is 12.8. The van der Waals surface area contributed by atoms with Crippen molar-refractivity contribution in [3.8, 4) is 0 Å². The predicted octanol–water partition coefficient (Wildman–Crippen LogP) is 3.74. The summed E-state index contributed by atoms with van der Waals surface area (Å²) in [6.07, 6.45) is 12.7. The van der Waals surface area contributed by atoms with Gasteiger partial charge in [-0.2, -0.15) is 0 Å². The van der Waals surface area contributed by atoms with Gasteiger partial charge in [-0.15, -0.1) is 0 Å². The summed E-state index contributed by atoms with van der Waals surface area (Å²) in [6.45, 7) is 4.15. The minimum Gasteiger partial charge on any atom is -0.378 e. The van der Waals surface area contributed by atoms with E-state index in [1.807, 2.05) is 0 Å². The van der Waals surface area contributed by atoms with Gasteiger partial charge in [-0.3, -0.25) is 0 Å². The summed E-state index contributed by atoms with van der Waals surface area (Å²) in [5.41, 5.74) is 5.90. The molecule has 2 saturated carbocycles. The quantitative estimate of drug-likeness (QED) is 0.810. The lowest BCUT2D eigenvalue weighted by Crippen LogP contribution is -2.34. The zero-order valence-electron chi connectivity index (χ0n) is 12.1. The molecule has 2 rings (SSSR count). The van der Waals surface area contributed by atoms with Gasteiger partial charge in [0.05, 0.1) is 12.7 Å². The van der Waals surface area contributed by atoms with Crippen LogP contribution in [0.5, 0.6) is 0 Å². The fourth-order valence-electron chi connectivity index (χ4n) is 3.92. The second-order valence-corrected chi connectivity index (χ2v) is 6.36. The van der Waals surface area contributed by atoms with Crippen LogP contribution in [0.15, 0.2) is 0 Å². The Morgan fingerprint density at radius 1 is 0.889 bits per heavy atom. The molecule has 0 aromatic carbocycles. The predicted molar refractivity (Wildman–Crippen MR) is 76.5 cm³/mol. The first-order valence-electron chi connectivity index (χ1n) is 8.16. The summed E-state index contributed by atoms with van der Waals surface area (Å²) in [4.78, 5) is 0. The highest BCUT2D eigenvalue weighted by Gasteiger charge is 2.28. The van der Waals surface area contributed by atoms with Crippen LogP contribution in [0.2, 0.25) is 0 Å². The molecule has 0 amide bonds. The molecule has 2 N–H and O–H groups in total. The van der Waals surface area contributed by atoms with E-state index >= 15 is 0 Å². The first-order chi connectivity index (χ1) is 8.85. The van der Waals surface area contributed by atoms with Crippen molar-refractivity contribution in [3.05, 3.63) is 0 Å². The maximum atomic E-state index is 6.30. The highest BCUT2D eigenvalue weighted by atomic mass is 16.5. The summed E-state index contributed by atoms with van der Waals surface area (Å²) in [5.74, 6) is 2.28. The van der Waals surface area contributed by atoms with Gasteiger partial charge in [0.2, 0.25) is 0 Å². The molecule has 2 nitrogen and oxygen atoms in total. The summed E-state index contributed by atoms with van der Waals surface area (Å²) in [7, 11) is 0. The molecular formula is C16H31NO. The largest absolute Gasteiger partial charge is 0.378 e. The van der Waals surface area contributed by atoms with E-state index < -0.39 is 0 Å². The topological polar surface area (TPSA) is 35.2 Å². The number of hydrogen-bond donors (Lipinski definition) is 1. The molecule has 0 spiro atoms. The van der Waals surface area contributed by atoms with Gasteiger partial charge in [0, 0.05) is 0 Å². The van der Waals surface area contributed by atoms with E-state index in [2.05, 4.69) is 6.92 Å². The lowest BCUT2D eigenvalue weighted by Gasteiger charge is -2.35. The SMILES string of the molecule is CCC1CCCCC1OCC1CCCCC1CN. The lowest BCUT2D eigenvalue weighted by atomic mass is 9.79. The monoisotopic (exact) mass is 253 g/mol. The number of ether oxygens (including phenoxy) is 1. The minimum atomic E-state index is 0.545. The van der Waals surface area contributed by atoms with Gasteiger partial charge in [-0.05, 0) is 50.0 Å². The molecule has 106 valence electrons. The molecule has 0 aliphatic heterocycles. The average Bonchev–Trinajstić information content (AvgIpc) is 2.45. The van der Waals surface area contributed by atoms with Gasteiger partial charge in [-0.25, -0.2) is 0 Å². The Kier molecular flexibility index (Phi) is 5.97. The first-order valence-corrected chi connectivity index (χ1v) is 8.16. The van der Waals surface area contributed by atoms with Crippen LogP contribution in [-0.4, -0.2) is 19.3 Å². The first kappa shape index (κ1) is 14.3. The van der Waals surface area contributed by atoms with Crippen LogP contribution >= 0.6 is 0 Å². The van der Waals surface area contributed by atoms with Crippen LogP contribution in [0.1, 0.15) is 64.7 Å². The van der Waals surface area contributed by atoms with Crippen LogP contribution < -0.4 is 5.73 Å². The summed E-state index contributed by atoms with van der Waals surface area (Å²) >= 11 is 0. The Hall–Kier alpha value is -0.0800. The van der Waals surface area contributed by atoms with E-state index in [0.717, 1.165) is 30.9 Å². The van der Waals surface area contributed by atoms with Crippen molar-refractivity contribution in [2.24, 2.45) is 23.5 Å². The van der Waals surface area contributed by atoms with E-state index in [1.54, 1.807) is 0 Å². The normalized spacial score (nSPS) is 37.7. The molecule has 18 heavy (non-hydrogen) atoms. The Bertz CT molecular complexity index is 207. The van der Waals surface area contributed by atoms with Crippen molar-refractivity contribution < 1.29 is 4.74 Å². The van der Waals surface area contributed by atoms with E-state index in [-0.39, 0.29) is 0 Å². The molecule has 0 aromatic rings. The van der Waals surface area contributed by atoms with Crippen molar-refractivity contribution in [1.82, 2.24) is 0 Å². The van der Waals surface area contributed by atoms with Crippen LogP contribution in [0, 0.1) is 17.8 Å². The third-order valence-corrected chi connectivity index (χ3v) is 5.26. The van der Waals surface area contributed by atoms with Crippen LogP contribution in [0.3, 0.4) is 0 Å². The zero-order valence-corrected chi connectivity index (χ0v) is 12.1. The number of nitrogens with two attached hydrogens (primary N) is 1. The summed E-state index contributed by atoms with van der Waals surface area (Å²) < 4.78 is 6.30. The standard InChI is InChI=1S/C16H31NO/c1-2-13-7-5-6-10-16(13)18-12-15-9-4-3-8-14(15)11-17/h13-16H,2-12,17H2,1H3. The molecule has 0 radical (unpaired) electrons. The van der Waals surface area contributed by atoms with Crippen LogP contribution in [-0.2, 0) is 4.74 Å². The molecule has 4 atom stereocenters.